The fraction of sp³-hybridized carbons (Fsp3) is 0.250. The number of aromatic carboxylic acids is 1. The Labute approximate surface area is 176 Å². The van der Waals surface area contributed by atoms with Crippen LogP contribution in [0.2, 0.25) is 5.02 Å². The topological polar surface area (TPSA) is 54.6 Å². The van der Waals surface area contributed by atoms with Gasteiger partial charge in [0.05, 0.1) is 16.3 Å². The van der Waals surface area contributed by atoms with Crippen LogP contribution in [0.15, 0.2) is 53.5 Å². The first-order valence-corrected chi connectivity index (χ1v) is 10.1. The van der Waals surface area contributed by atoms with Crippen LogP contribution in [0.1, 0.15) is 59.1 Å². The molecule has 1 aromatic heterocycles. The van der Waals surface area contributed by atoms with Crippen molar-refractivity contribution in [1.82, 2.24) is 4.57 Å². The zero-order valence-electron chi connectivity index (χ0n) is 17.1. The molecule has 4 nitrogen and oxygen atoms in total. The number of nitrogens with zero attached hydrogens (tertiary/aromatic N) is 2. The Bertz CT molecular complexity index is 1070. The number of hydrogen-bond acceptors (Lipinski definition) is 2. The van der Waals surface area contributed by atoms with Crippen molar-refractivity contribution in [1.29, 1.82) is 0 Å². The normalized spacial score (nSPS) is 12.4. The smallest absolute Gasteiger partial charge is 0.337 e. The third-order valence-electron chi connectivity index (χ3n) is 5.34. The standard InChI is InChI=1S/C24H25ClN2O2/c1-5-15(2)18-6-8-20(9-7-18)26-14-19-12-16(3)27(17(19)4)21-10-11-23(25)22(13-21)24(28)29/h6-15H,5H2,1-4H3,(H,28,29)/t15-/m1/s1. The molecule has 0 aliphatic heterocycles. The lowest BCUT2D eigenvalue weighted by Crippen LogP contribution is -2.03. The lowest BCUT2D eigenvalue weighted by atomic mass is 9.99. The molecule has 29 heavy (non-hydrogen) atoms. The Balaban J connectivity index is 1.91. The summed E-state index contributed by atoms with van der Waals surface area (Å²) in [6.07, 6.45) is 2.97. The fourth-order valence-electron chi connectivity index (χ4n) is 3.40. The van der Waals surface area contributed by atoms with Crippen molar-refractivity contribution in [2.24, 2.45) is 4.99 Å². The van der Waals surface area contributed by atoms with Gasteiger partial charge in [-0.1, -0.05) is 37.6 Å². The molecule has 1 atom stereocenters. The summed E-state index contributed by atoms with van der Waals surface area (Å²) in [6, 6.07) is 15.4. The van der Waals surface area contributed by atoms with Crippen molar-refractivity contribution >= 4 is 29.5 Å². The molecular weight excluding hydrogens is 384 g/mol. The molecule has 5 heteroatoms. The van der Waals surface area contributed by atoms with Crippen molar-refractivity contribution in [3.8, 4) is 5.69 Å². The maximum absolute atomic E-state index is 11.4. The van der Waals surface area contributed by atoms with E-state index in [0.717, 1.165) is 34.7 Å². The van der Waals surface area contributed by atoms with Crippen molar-refractivity contribution in [2.75, 3.05) is 0 Å². The zero-order chi connectivity index (χ0) is 21.1. The summed E-state index contributed by atoms with van der Waals surface area (Å²) in [4.78, 5) is 16.0. The highest BCUT2D eigenvalue weighted by molar-refractivity contribution is 6.33. The lowest BCUT2D eigenvalue weighted by molar-refractivity contribution is 0.0697. The number of benzene rings is 2. The second-order valence-corrected chi connectivity index (χ2v) is 7.70. The highest BCUT2D eigenvalue weighted by Gasteiger charge is 2.14. The molecule has 2 aromatic carbocycles. The largest absolute Gasteiger partial charge is 0.478 e. The van der Waals surface area contributed by atoms with E-state index in [1.165, 1.54) is 5.56 Å². The number of hydrogen-bond donors (Lipinski definition) is 1. The molecule has 150 valence electrons. The van der Waals surface area contributed by atoms with Crippen LogP contribution in [0.25, 0.3) is 5.69 Å². The van der Waals surface area contributed by atoms with Gasteiger partial charge >= 0.3 is 5.97 Å². The molecular formula is C24H25ClN2O2. The van der Waals surface area contributed by atoms with E-state index in [1.807, 2.05) is 48.9 Å². The van der Waals surface area contributed by atoms with Crippen LogP contribution in [-0.2, 0) is 0 Å². The van der Waals surface area contributed by atoms with Crippen LogP contribution in [0.3, 0.4) is 0 Å². The van der Waals surface area contributed by atoms with E-state index in [1.54, 1.807) is 12.1 Å². The number of carboxylic acids is 1. The monoisotopic (exact) mass is 408 g/mol. The quantitative estimate of drug-likeness (QED) is 0.461. The predicted octanol–water partition coefficient (Wildman–Crippen LogP) is 6.71. The van der Waals surface area contributed by atoms with Crippen LogP contribution in [0, 0.1) is 13.8 Å². The number of aromatic nitrogens is 1. The van der Waals surface area contributed by atoms with E-state index in [9.17, 15) is 9.90 Å². The van der Waals surface area contributed by atoms with Crippen LogP contribution < -0.4 is 0 Å². The molecule has 1 heterocycles. The van der Waals surface area contributed by atoms with Gasteiger partial charge in [0.15, 0.2) is 0 Å². The summed E-state index contributed by atoms with van der Waals surface area (Å²) in [6.45, 7) is 8.39. The minimum atomic E-state index is -1.04. The van der Waals surface area contributed by atoms with Crippen molar-refractivity contribution in [2.45, 2.75) is 40.0 Å². The SMILES string of the molecule is CC[C@@H](C)c1ccc(N=Cc2cc(C)n(-c3ccc(Cl)c(C(=O)O)c3)c2C)cc1. The van der Waals surface area contributed by atoms with Gasteiger partial charge in [-0.2, -0.15) is 0 Å². The molecule has 0 bridgehead atoms. The second-order valence-electron chi connectivity index (χ2n) is 7.29. The summed E-state index contributed by atoms with van der Waals surface area (Å²) in [5.41, 5.74) is 6.05. The first-order valence-electron chi connectivity index (χ1n) is 9.68. The maximum Gasteiger partial charge on any atom is 0.337 e. The first-order chi connectivity index (χ1) is 13.8. The molecule has 1 N–H and O–H groups in total. The average Bonchev–Trinajstić information content (AvgIpc) is 2.99. The van der Waals surface area contributed by atoms with Gasteiger partial charge in [-0.15, -0.1) is 0 Å². The van der Waals surface area contributed by atoms with Gasteiger partial charge in [-0.25, -0.2) is 4.79 Å². The molecule has 0 amide bonds. The van der Waals surface area contributed by atoms with E-state index in [4.69, 9.17) is 11.6 Å². The summed E-state index contributed by atoms with van der Waals surface area (Å²) in [7, 11) is 0. The van der Waals surface area contributed by atoms with Gasteiger partial charge in [-0.05, 0) is 68.1 Å². The van der Waals surface area contributed by atoms with E-state index in [0.29, 0.717) is 5.92 Å². The van der Waals surface area contributed by atoms with Gasteiger partial charge < -0.3 is 9.67 Å². The third-order valence-corrected chi connectivity index (χ3v) is 5.67. The number of halogens is 1. The molecule has 0 aliphatic carbocycles. The van der Waals surface area contributed by atoms with Gasteiger partial charge in [0, 0.05) is 28.9 Å². The number of aryl methyl sites for hydroxylation is 1. The lowest BCUT2D eigenvalue weighted by Gasteiger charge is -2.11. The molecule has 3 aromatic rings. The molecule has 0 saturated heterocycles. The van der Waals surface area contributed by atoms with E-state index < -0.39 is 5.97 Å². The number of aliphatic imine (C=N–C) groups is 1. The molecule has 0 spiro atoms. The molecule has 0 fully saturated rings. The first kappa shape index (κ1) is 20.9. The van der Waals surface area contributed by atoms with Crippen molar-refractivity contribution in [3.05, 3.63) is 81.6 Å². The Morgan fingerprint density at radius 3 is 2.48 bits per heavy atom. The minimum Gasteiger partial charge on any atom is -0.478 e. The minimum absolute atomic E-state index is 0.0910. The van der Waals surface area contributed by atoms with Crippen LogP contribution in [0.4, 0.5) is 5.69 Å². The number of carboxylic acid groups (broad SMARTS) is 1. The van der Waals surface area contributed by atoms with Crippen molar-refractivity contribution < 1.29 is 9.90 Å². The molecule has 0 radical (unpaired) electrons. The molecule has 0 saturated carbocycles. The van der Waals surface area contributed by atoms with Gasteiger partial charge in [0.25, 0.3) is 0 Å². The second kappa shape index (κ2) is 8.66. The summed E-state index contributed by atoms with van der Waals surface area (Å²) in [5.74, 6) is -0.496. The van der Waals surface area contributed by atoms with Crippen LogP contribution in [-0.4, -0.2) is 21.9 Å². The van der Waals surface area contributed by atoms with Crippen molar-refractivity contribution in [3.63, 3.8) is 0 Å². The Morgan fingerprint density at radius 2 is 1.86 bits per heavy atom. The highest BCUT2D eigenvalue weighted by Crippen LogP contribution is 2.25. The maximum atomic E-state index is 11.4. The van der Waals surface area contributed by atoms with E-state index in [2.05, 4.69) is 31.0 Å². The third kappa shape index (κ3) is 4.43. The van der Waals surface area contributed by atoms with Gasteiger partial charge in [-0.3, -0.25) is 4.99 Å². The van der Waals surface area contributed by atoms with Crippen LogP contribution in [0.5, 0.6) is 0 Å². The fourth-order valence-corrected chi connectivity index (χ4v) is 3.60. The molecule has 0 aliphatic rings. The molecule has 0 unspecified atom stereocenters. The van der Waals surface area contributed by atoms with Gasteiger partial charge in [0.1, 0.15) is 0 Å². The highest BCUT2D eigenvalue weighted by atomic mass is 35.5. The van der Waals surface area contributed by atoms with E-state index in [-0.39, 0.29) is 10.6 Å². The summed E-state index contributed by atoms with van der Waals surface area (Å²) < 4.78 is 2.01. The summed E-state index contributed by atoms with van der Waals surface area (Å²) in [5, 5.41) is 9.57. The zero-order valence-corrected chi connectivity index (χ0v) is 17.9. The predicted molar refractivity (Wildman–Crippen MR) is 120 cm³/mol. The van der Waals surface area contributed by atoms with Crippen LogP contribution >= 0.6 is 11.6 Å². The Hall–Kier alpha value is -2.85. The number of rotatable bonds is 6. The summed E-state index contributed by atoms with van der Waals surface area (Å²) >= 11 is 6.01. The Morgan fingerprint density at radius 1 is 1.17 bits per heavy atom. The Kier molecular flexibility index (Phi) is 6.23. The van der Waals surface area contributed by atoms with Gasteiger partial charge in [0.2, 0.25) is 0 Å². The average molecular weight is 409 g/mol. The van der Waals surface area contributed by atoms with E-state index >= 15 is 0 Å². The molecule has 3 rings (SSSR count). The number of carbonyl (C=O) groups is 1.